The van der Waals surface area contributed by atoms with Crippen molar-refractivity contribution >= 4 is 38.9 Å². The first-order valence-electron chi connectivity index (χ1n) is 6.16. The van der Waals surface area contributed by atoms with Crippen molar-refractivity contribution in [3.63, 3.8) is 0 Å². The van der Waals surface area contributed by atoms with Crippen molar-refractivity contribution in [1.82, 2.24) is 0 Å². The number of nitrogens with one attached hydrogen (secondary N) is 2. The molecule has 1 aliphatic heterocycles. The van der Waals surface area contributed by atoms with E-state index in [0.717, 1.165) is 5.56 Å². The van der Waals surface area contributed by atoms with Crippen molar-refractivity contribution < 1.29 is 13.2 Å². The SMILES string of the molecule is O=C1Cc2cccc(NS(=O)(=O)c3ccc(Cl)cc3)c2N1. The number of carbonyl (C=O) groups is 1. The van der Waals surface area contributed by atoms with E-state index < -0.39 is 10.0 Å². The third-order valence-electron chi connectivity index (χ3n) is 3.13. The fourth-order valence-electron chi connectivity index (χ4n) is 2.15. The first-order chi connectivity index (χ1) is 9.95. The minimum Gasteiger partial charge on any atom is -0.324 e. The van der Waals surface area contributed by atoms with E-state index in [-0.39, 0.29) is 17.2 Å². The van der Waals surface area contributed by atoms with E-state index in [9.17, 15) is 13.2 Å². The highest BCUT2D eigenvalue weighted by Gasteiger charge is 2.23. The average Bonchev–Trinajstić information content (AvgIpc) is 2.80. The summed E-state index contributed by atoms with van der Waals surface area (Å²) in [7, 11) is -3.73. The summed E-state index contributed by atoms with van der Waals surface area (Å²) in [6, 6.07) is 11.0. The highest BCUT2D eigenvalue weighted by Crippen LogP contribution is 2.32. The van der Waals surface area contributed by atoms with Crippen molar-refractivity contribution in [3.8, 4) is 0 Å². The second kappa shape index (κ2) is 5.05. The Bertz CT molecular complexity index is 817. The Balaban J connectivity index is 1.96. The van der Waals surface area contributed by atoms with E-state index in [1.165, 1.54) is 24.3 Å². The zero-order valence-corrected chi connectivity index (χ0v) is 12.3. The van der Waals surface area contributed by atoms with Crippen LogP contribution in [0.15, 0.2) is 47.4 Å². The number of benzene rings is 2. The van der Waals surface area contributed by atoms with Gasteiger partial charge < -0.3 is 5.32 Å². The molecule has 2 aromatic rings. The van der Waals surface area contributed by atoms with Crippen LogP contribution in [0.4, 0.5) is 11.4 Å². The van der Waals surface area contributed by atoms with Crippen molar-refractivity contribution in [2.24, 2.45) is 0 Å². The lowest BCUT2D eigenvalue weighted by Gasteiger charge is -2.11. The number of hydrogen-bond donors (Lipinski definition) is 2. The van der Waals surface area contributed by atoms with Crippen LogP contribution in [-0.4, -0.2) is 14.3 Å². The van der Waals surface area contributed by atoms with Gasteiger partial charge in [-0.2, -0.15) is 0 Å². The number of amides is 1. The predicted octanol–water partition coefficient (Wildman–Crippen LogP) is 2.64. The second-order valence-corrected chi connectivity index (χ2v) is 6.74. The third kappa shape index (κ3) is 2.72. The summed E-state index contributed by atoms with van der Waals surface area (Å²) in [6.07, 6.45) is 0.256. The van der Waals surface area contributed by atoms with Crippen molar-refractivity contribution in [1.29, 1.82) is 0 Å². The van der Waals surface area contributed by atoms with Gasteiger partial charge in [0.15, 0.2) is 0 Å². The highest BCUT2D eigenvalue weighted by atomic mass is 35.5. The lowest BCUT2D eigenvalue weighted by Crippen LogP contribution is -2.14. The summed E-state index contributed by atoms with van der Waals surface area (Å²) in [5.41, 5.74) is 1.64. The molecule has 1 amide bonds. The van der Waals surface area contributed by atoms with Crippen LogP contribution >= 0.6 is 11.6 Å². The Hall–Kier alpha value is -2.05. The Morgan fingerprint density at radius 3 is 2.52 bits per heavy atom. The molecule has 0 aliphatic carbocycles. The number of sulfonamides is 1. The summed E-state index contributed by atoms with van der Waals surface area (Å²) >= 11 is 5.75. The van der Waals surface area contributed by atoms with Gasteiger partial charge >= 0.3 is 0 Å². The van der Waals surface area contributed by atoms with Crippen LogP contribution in [0.5, 0.6) is 0 Å². The topological polar surface area (TPSA) is 75.3 Å². The molecule has 0 unspecified atom stereocenters. The first kappa shape index (κ1) is 13.9. The maximum Gasteiger partial charge on any atom is 0.261 e. The maximum absolute atomic E-state index is 12.3. The maximum atomic E-state index is 12.3. The van der Waals surface area contributed by atoms with E-state index in [1.54, 1.807) is 18.2 Å². The monoisotopic (exact) mass is 322 g/mol. The predicted molar refractivity (Wildman–Crippen MR) is 81.0 cm³/mol. The van der Waals surface area contributed by atoms with Crippen LogP contribution in [0.2, 0.25) is 5.02 Å². The molecular weight excluding hydrogens is 312 g/mol. The van der Waals surface area contributed by atoms with Gasteiger partial charge in [-0.1, -0.05) is 23.7 Å². The molecule has 2 aromatic carbocycles. The fourth-order valence-corrected chi connectivity index (χ4v) is 3.35. The van der Waals surface area contributed by atoms with Gasteiger partial charge in [0.25, 0.3) is 10.0 Å². The molecule has 7 heteroatoms. The quantitative estimate of drug-likeness (QED) is 0.912. The normalized spacial score (nSPS) is 13.7. The summed E-state index contributed by atoms with van der Waals surface area (Å²) in [4.78, 5) is 11.5. The number of hydrogen-bond acceptors (Lipinski definition) is 3. The Morgan fingerprint density at radius 1 is 1.10 bits per heavy atom. The smallest absolute Gasteiger partial charge is 0.261 e. The summed E-state index contributed by atoms with van der Waals surface area (Å²) < 4.78 is 27.1. The number of fused-ring (bicyclic) bond motifs is 1. The molecule has 0 saturated heterocycles. The summed E-state index contributed by atoms with van der Waals surface area (Å²) in [5.74, 6) is -0.150. The fraction of sp³-hybridized carbons (Fsp3) is 0.0714. The molecule has 0 radical (unpaired) electrons. The van der Waals surface area contributed by atoms with Crippen molar-refractivity contribution in [2.75, 3.05) is 10.0 Å². The van der Waals surface area contributed by atoms with Gasteiger partial charge in [0, 0.05) is 5.02 Å². The molecule has 3 rings (SSSR count). The van der Waals surface area contributed by atoms with E-state index in [4.69, 9.17) is 11.6 Å². The van der Waals surface area contributed by atoms with Crippen LogP contribution in [0.25, 0.3) is 0 Å². The molecule has 5 nitrogen and oxygen atoms in total. The Morgan fingerprint density at radius 2 is 1.81 bits per heavy atom. The van der Waals surface area contributed by atoms with Gasteiger partial charge in [0.05, 0.1) is 22.7 Å². The third-order valence-corrected chi connectivity index (χ3v) is 4.77. The van der Waals surface area contributed by atoms with Gasteiger partial charge in [0.2, 0.25) is 5.91 Å². The zero-order valence-electron chi connectivity index (χ0n) is 10.8. The van der Waals surface area contributed by atoms with Crippen LogP contribution in [0, 0.1) is 0 Å². The van der Waals surface area contributed by atoms with Crippen molar-refractivity contribution in [3.05, 3.63) is 53.1 Å². The highest BCUT2D eigenvalue weighted by molar-refractivity contribution is 7.92. The zero-order chi connectivity index (χ0) is 15.0. The Kier molecular flexibility index (Phi) is 3.35. The Labute approximate surface area is 127 Å². The first-order valence-corrected chi connectivity index (χ1v) is 8.02. The lowest BCUT2D eigenvalue weighted by atomic mass is 10.1. The molecule has 0 atom stereocenters. The second-order valence-electron chi connectivity index (χ2n) is 4.62. The number of rotatable bonds is 3. The molecule has 21 heavy (non-hydrogen) atoms. The van der Waals surface area contributed by atoms with Crippen LogP contribution in [0.1, 0.15) is 5.56 Å². The van der Waals surface area contributed by atoms with Gasteiger partial charge in [-0.15, -0.1) is 0 Å². The molecule has 0 bridgehead atoms. The van der Waals surface area contributed by atoms with Crippen LogP contribution < -0.4 is 10.0 Å². The number of para-hydroxylation sites is 1. The number of halogens is 1. The van der Waals surface area contributed by atoms with E-state index in [1.807, 2.05) is 0 Å². The van der Waals surface area contributed by atoms with E-state index in [2.05, 4.69) is 10.0 Å². The molecule has 0 spiro atoms. The van der Waals surface area contributed by atoms with Gasteiger partial charge in [-0.25, -0.2) is 8.42 Å². The van der Waals surface area contributed by atoms with E-state index >= 15 is 0 Å². The minimum absolute atomic E-state index is 0.105. The van der Waals surface area contributed by atoms with E-state index in [0.29, 0.717) is 16.4 Å². The summed E-state index contributed by atoms with van der Waals surface area (Å²) in [5, 5.41) is 3.12. The molecule has 2 N–H and O–H groups in total. The molecule has 1 heterocycles. The molecule has 0 fully saturated rings. The number of carbonyl (C=O) groups excluding carboxylic acids is 1. The summed E-state index contributed by atoms with van der Waals surface area (Å²) in [6.45, 7) is 0. The number of anilines is 2. The molecule has 108 valence electrons. The van der Waals surface area contributed by atoms with Crippen molar-refractivity contribution in [2.45, 2.75) is 11.3 Å². The molecular formula is C14H11ClN2O3S. The van der Waals surface area contributed by atoms with Gasteiger partial charge in [-0.05, 0) is 35.9 Å². The standard InChI is InChI=1S/C14H11ClN2O3S/c15-10-4-6-11(7-5-10)21(19,20)17-12-3-1-2-9-8-13(18)16-14(9)12/h1-7,17H,8H2,(H,16,18). The van der Waals surface area contributed by atoms with Gasteiger partial charge in [0.1, 0.15) is 0 Å². The molecule has 0 saturated carbocycles. The van der Waals surface area contributed by atoms with Gasteiger partial charge in [-0.3, -0.25) is 9.52 Å². The van der Waals surface area contributed by atoms with Crippen LogP contribution in [-0.2, 0) is 21.2 Å². The largest absolute Gasteiger partial charge is 0.324 e. The lowest BCUT2D eigenvalue weighted by molar-refractivity contribution is -0.115. The molecule has 0 aromatic heterocycles. The van der Waals surface area contributed by atoms with Crippen LogP contribution in [0.3, 0.4) is 0 Å². The average molecular weight is 323 g/mol. The molecule has 1 aliphatic rings. The minimum atomic E-state index is -3.73.